The predicted molar refractivity (Wildman–Crippen MR) is 69.5 cm³/mol. The van der Waals surface area contributed by atoms with Crippen molar-refractivity contribution in [3.05, 3.63) is 12.2 Å². The smallest absolute Gasteiger partial charge is 0.212 e. The van der Waals surface area contributed by atoms with Crippen LogP contribution in [0.5, 0.6) is 0 Å². The minimum Gasteiger partial charge on any atom is -0.319 e. The largest absolute Gasteiger partial charge is 0.319 e. The lowest BCUT2D eigenvalue weighted by molar-refractivity contribution is 0.549. The fourth-order valence-corrected chi connectivity index (χ4v) is 2.92. The SMILES string of the molecule is CCNCCCS(=O)(=O)NC(C)c1nncn1C. The van der Waals surface area contributed by atoms with Crippen LogP contribution in [0.2, 0.25) is 0 Å². The zero-order chi connectivity index (χ0) is 13.6. The number of nitrogens with one attached hydrogen (secondary N) is 2. The lowest BCUT2D eigenvalue weighted by atomic mass is 10.3. The van der Waals surface area contributed by atoms with Gasteiger partial charge >= 0.3 is 0 Å². The summed E-state index contributed by atoms with van der Waals surface area (Å²) < 4.78 is 27.9. The van der Waals surface area contributed by atoms with Crippen molar-refractivity contribution in [2.75, 3.05) is 18.8 Å². The molecule has 1 rings (SSSR count). The third-order valence-electron chi connectivity index (χ3n) is 2.51. The molecule has 0 saturated heterocycles. The molecule has 0 aliphatic rings. The monoisotopic (exact) mass is 275 g/mol. The molecule has 1 aromatic heterocycles. The molecule has 1 heterocycles. The lowest BCUT2D eigenvalue weighted by Gasteiger charge is -2.13. The molecule has 0 aromatic carbocycles. The topological polar surface area (TPSA) is 88.9 Å². The van der Waals surface area contributed by atoms with E-state index in [4.69, 9.17) is 0 Å². The highest BCUT2D eigenvalue weighted by Gasteiger charge is 2.18. The maximum Gasteiger partial charge on any atom is 0.212 e. The summed E-state index contributed by atoms with van der Waals surface area (Å²) >= 11 is 0. The van der Waals surface area contributed by atoms with Crippen LogP contribution in [0.3, 0.4) is 0 Å². The molecule has 1 aromatic rings. The van der Waals surface area contributed by atoms with Crippen LogP contribution in [0.25, 0.3) is 0 Å². The van der Waals surface area contributed by atoms with Crippen molar-refractivity contribution in [3.8, 4) is 0 Å². The molecule has 7 nitrogen and oxygen atoms in total. The molecule has 0 spiro atoms. The first-order chi connectivity index (χ1) is 8.46. The van der Waals surface area contributed by atoms with E-state index in [9.17, 15) is 8.42 Å². The quantitative estimate of drug-likeness (QED) is 0.641. The van der Waals surface area contributed by atoms with Gasteiger partial charge in [0.1, 0.15) is 12.2 Å². The Hall–Kier alpha value is -0.990. The van der Waals surface area contributed by atoms with Crippen LogP contribution in [0.4, 0.5) is 0 Å². The molecular formula is C10H21N5O2S. The molecule has 18 heavy (non-hydrogen) atoms. The van der Waals surface area contributed by atoms with E-state index < -0.39 is 10.0 Å². The second kappa shape index (κ2) is 6.81. The highest BCUT2D eigenvalue weighted by atomic mass is 32.2. The summed E-state index contributed by atoms with van der Waals surface area (Å²) in [4.78, 5) is 0. The number of hydrogen-bond acceptors (Lipinski definition) is 5. The van der Waals surface area contributed by atoms with Crippen molar-refractivity contribution in [1.29, 1.82) is 0 Å². The van der Waals surface area contributed by atoms with Crippen LogP contribution < -0.4 is 10.0 Å². The van der Waals surface area contributed by atoms with Gasteiger partial charge in [-0.1, -0.05) is 6.92 Å². The van der Waals surface area contributed by atoms with Crippen molar-refractivity contribution < 1.29 is 8.42 Å². The van der Waals surface area contributed by atoms with E-state index >= 15 is 0 Å². The predicted octanol–water partition coefficient (Wildman–Crippen LogP) is -0.205. The molecular weight excluding hydrogens is 254 g/mol. The van der Waals surface area contributed by atoms with Gasteiger partial charge in [-0.25, -0.2) is 13.1 Å². The first-order valence-electron chi connectivity index (χ1n) is 6.01. The normalized spacial score (nSPS) is 13.7. The van der Waals surface area contributed by atoms with Gasteiger partial charge in [-0.2, -0.15) is 0 Å². The Bertz CT molecular complexity index is 457. The van der Waals surface area contributed by atoms with Gasteiger partial charge in [-0.05, 0) is 26.4 Å². The number of aryl methyl sites for hydroxylation is 1. The number of nitrogens with zero attached hydrogens (tertiary/aromatic N) is 3. The Morgan fingerprint density at radius 1 is 1.50 bits per heavy atom. The van der Waals surface area contributed by atoms with Gasteiger partial charge in [-0.15, -0.1) is 10.2 Å². The van der Waals surface area contributed by atoms with Crippen molar-refractivity contribution >= 4 is 10.0 Å². The molecule has 0 bridgehead atoms. The van der Waals surface area contributed by atoms with Gasteiger partial charge < -0.3 is 9.88 Å². The molecule has 0 aliphatic heterocycles. The highest BCUT2D eigenvalue weighted by Crippen LogP contribution is 2.09. The molecule has 1 unspecified atom stereocenters. The zero-order valence-electron chi connectivity index (χ0n) is 11.0. The molecule has 8 heteroatoms. The molecule has 0 amide bonds. The minimum absolute atomic E-state index is 0.113. The second-order valence-electron chi connectivity index (χ2n) is 4.17. The van der Waals surface area contributed by atoms with E-state index in [1.807, 2.05) is 6.92 Å². The van der Waals surface area contributed by atoms with E-state index in [2.05, 4.69) is 20.2 Å². The Kier molecular flexibility index (Phi) is 5.70. The van der Waals surface area contributed by atoms with Crippen molar-refractivity contribution in [2.45, 2.75) is 26.3 Å². The van der Waals surface area contributed by atoms with E-state index in [1.165, 1.54) is 0 Å². The summed E-state index contributed by atoms with van der Waals surface area (Å²) in [5.41, 5.74) is 0. The molecule has 0 aliphatic carbocycles. The van der Waals surface area contributed by atoms with Gasteiger partial charge in [0.05, 0.1) is 11.8 Å². The van der Waals surface area contributed by atoms with Crippen LogP contribution in [0, 0.1) is 0 Å². The van der Waals surface area contributed by atoms with Crippen molar-refractivity contribution in [1.82, 2.24) is 24.8 Å². The summed E-state index contributed by atoms with van der Waals surface area (Å²) in [6, 6.07) is -0.373. The summed E-state index contributed by atoms with van der Waals surface area (Å²) in [7, 11) is -1.49. The van der Waals surface area contributed by atoms with E-state index in [0.717, 1.165) is 6.54 Å². The maximum absolute atomic E-state index is 11.8. The Labute approximate surface area is 108 Å². The highest BCUT2D eigenvalue weighted by molar-refractivity contribution is 7.89. The van der Waals surface area contributed by atoms with Gasteiger partial charge in [-0.3, -0.25) is 0 Å². The summed E-state index contributed by atoms with van der Waals surface area (Å²) in [6.45, 7) is 5.30. The first-order valence-corrected chi connectivity index (χ1v) is 7.66. The molecule has 104 valence electrons. The molecule has 2 N–H and O–H groups in total. The molecule has 0 radical (unpaired) electrons. The molecule has 1 atom stereocenters. The zero-order valence-corrected chi connectivity index (χ0v) is 11.9. The second-order valence-corrected chi connectivity index (χ2v) is 6.04. The minimum atomic E-state index is -3.28. The van der Waals surface area contributed by atoms with Crippen LogP contribution in [-0.2, 0) is 17.1 Å². The van der Waals surface area contributed by atoms with Crippen LogP contribution in [0.1, 0.15) is 32.1 Å². The third kappa shape index (κ3) is 4.71. The Morgan fingerprint density at radius 3 is 2.78 bits per heavy atom. The Balaban J connectivity index is 2.48. The standard InChI is InChI=1S/C10H21N5O2S/c1-4-11-6-5-7-18(16,17)14-9(2)10-13-12-8-15(10)3/h8-9,11,14H,4-7H2,1-3H3. The van der Waals surface area contributed by atoms with Crippen molar-refractivity contribution in [2.24, 2.45) is 7.05 Å². The van der Waals surface area contributed by atoms with Crippen molar-refractivity contribution in [3.63, 3.8) is 0 Å². The first kappa shape index (κ1) is 15.1. The average molecular weight is 275 g/mol. The molecule has 0 fully saturated rings. The summed E-state index contributed by atoms with van der Waals surface area (Å²) in [5.74, 6) is 0.715. The van der Waals surface area contributed by atoms with Crippen LogP contribution >= 0.6 is 0 Å². The number of hydrogen-bond donors (Lipinski definition) is 2. The van der Waals surface area contributed by atoms with E-state index in [-0.39, 0.29) is 11.8 Å². The lowest BCUT2D eigenvalue weighted by Crippen LogP contribution is -2.31. The van der Waals surface area contributed by atoms with E-state index in [1.54, 1.807) is 24.9 Å². The third-order valence-corrected chi connectivity index (χ3v) is 4.05. The van der Waals surface area contributed by atoms with Crippen LogP contribution in [-0.4, -0.2) is 42.0 Å². The maximum atomic E-state index is 11.8. The number of sulfonamides is 1. The van der Waals surface area contributed by atoms with Gasteiger partial charge in [0.15, 0.2) is 0 Å². The van der Waals surface area contributed by atoms with Gasteiger partial charge in [0, 0.05) is 7.05 Å². The van der Waals surface area contributed by atoms with Crippen LogP contribution in [0.15, 0.2) is 6.33 Å². The van der Waals surface area contributed by atoms with Gasteiger partial charge in [0.25, 0.3) is 0 Å². The summed E-state index contributed by atoms with van der Waals surface area (Å²) in [6.07, 6.45) is 2.14. The fourth-order valence-electron chi connectivity index (χ4n) is 1.63. The summed E-state index contributed by atoms with van der Waals surface area (Å²) in [5, 5.41) is 10.7. The van der Waals surface area contributed by atoms with E-state index in [0.29, 0.717) is 18.8 Å². The van der Waals surface area contributed by atoms with Gasteiger partial charge in [0.2, 0.25) is 10.0 Å². The fraction of sp³-hybridized carbons (Fsp3) is 0.800. The molecule has 0 saturated carbocycles. The average Bonchev–Trinajstić information content (AvgIpc) is 2.70. The number of aromatic nitrogens is 3. The Morgan fingerprint density at radius 2 is 2.22 bits per heavy atom. The number of rotatable bonds is 8.